The number of fused-ring (bicyclic) bond motifs is 1. The summed E-state index contributed by atoms with van der Waals surface area (Å²) in [7, 11) is 0. The van der Waals surface area contributed by atoms with Crippen LogP contribution in [0.1, 0.15) is 12.5 Å². The van der Waals surface area contributed by atoms with E-state index in [9.17, 15) is 0 Å². The minimum Gasteiger partial charge on any atom is -0.422 e. The van der Waals surface area contributed by atoms with Gasteiger partial charge in [0.1, 0.15) is 5.52 Å². The number of aromatic nitrogens is 1. The van der Waals surface area contributed by atoms with Gasteiger partial charge in [-0.15, -0.1) is 0 Å². The highest BCUT2D eigenvalue weighted by atomic mass is 79.9. The average molecular weight is 256 g/mol. The number of hydrazine groups is 1. The number of hydrogen-bond acceptors (Lipinski definition) is 4. The van der Waals surface area contributed by atoms with Crippen LogP contribution in [0.25, 0.3) is 11.1 Å². The molecule has 0 aliphatic heterocycles. The predicted octanol–water partition coefficient (Wildman–Crippen LogP) is 2.44. The van der Waals surface area contributed by atoms with Gasteiger partial charge in [0.15, 0.2) is 5.58 Å². The summed E-state index contributed by atoms with van der Waals surface area (Å²) in [4.78, 5) is 4.17. The first kappa shape index (κ1) is 9.48. The topological polar surface area (TPSA) is 64.1 Å². The molecule has 0 amide bonds. The van der Waals surface area contributed by atoms with Crippen molar-refractivity contribution in [2.45, 2.75) is 13.3 Å². The van der Waals surface area contributed by atoms with E-state index in [-0.39, 0.29) is 0 Å². The fourth-order valence-corrected chi connectivity index (χ4v) is 1.88. The molecule has 0 atom stereocenters. The minimum atomic E-state index is 0.341. The van der Waals surface area contributed by atoms with Gasteiger partial charge in [-0.05, 0) is 24.1 Å². The minimum absolute atomic E-state index is 0.341. The first-order chi connectivity index (χ1) is 6.74. The van der Waals surface area contributed by atoms with Gasteiger partial charge in [0.05, 0.1) is 0 Å². The fourth-order valence-electron chi connectivity index (χ4n) is 1.39. The quantitative estimate of drug-likeness (QED) is 0.639. The van der Waals surface area contributed by atoms with Crippen molar-refractivity contribution in [3.63, 3.8) is 0 Å². The van der Waals surface area contributed by atoms with E-state index in [1.165, 1.54) is 0 Å². The van der Waals surface area contributed by atoms with Crippen LogP contribution in [0, 0.1) is 0 Å². The second-order valence-electron chi connectivity index (χ2n) is 2.93. The number of oxazole rings is 1. The zero-order valence-electron chi connectivity index (χ0n) is 7.67. The Morgan fingerprint density at radius 3 is 3.00 bits per heavy atom. The number of aryl methyl sites for hydroxylation is 1. The summed E-state index contributed by atoms with van der Waals surface area (Å²) in [6.07, 6.45) is 0.898. The Balaban J connectivity index is 2.71. The van der Waals surface area contributed by atoms with E-state index in [0.717, 1.165) is 27.6 Å². The van der Waals surface area contributed by atoms with Crippen molar-refractivity contribution < 1.29 is 4.42 Å². The molecule has 0 aliphatic carbocycles. The summed E-state index contributed by atoms with van der Waals surface area (Å²) in [5.74, 6) is 5.23. The van der Waals surface area contributed by atoms with Crippen molar-refractivity contribution in [3.05, 3.63) is 22.2 Å². The molecule has 1 aromatic heterocycles. The average Bonchev–Trinajstić information content (AvgIpc) is 2.59. The zero-order chi connectivity index (χ0) is 10.1. The zero-order valence-corrected chi connectivity index (χ0v) is 9.26. The lowest BCUT2D eigenvalue weighted by atomic mass is 10.1. The van der Waals surface area contributed by atoms with Gasteiger partial charge in [-0.25, -0.2) is 5.84 Å². The normalized spacial score (nSPS) is 10.8. The van der Waals surface area contributed by atoms with E-state index in [2.05, 4.69) is 33.3 Å². The maximum atomic E-state index is 5.43. The summed E-state index contributed by atoms with van der Waals surface area (Å²) >= 11 is 3.42. The molecule has 4 nitrogen and oxygen atoms in total. The number of nitrogens with two attached hydrogens (primary N) is 1. The SMILES string of the molecule is CCc1cc(Br)cc2nc(NN)oc12. The molecule has 0 saturated carbocycles. The number of halogens is 1. The van der Waals surface area contributed by atoms with Gasteiger partial charge in [0.2, 0.25) is 0 Å². The molecular weight excluding hydrogens is 246 g/mol. The molecule has 1 heterocycles. The standard InChI is InChI=1S/C9H10BrN3O/c1-2-5-3-6(10)4-7-8(5)14-9(12-7)13-11/h3-4H,2,11H2,1H3,(H,12,13). The third kappa shape index (κ3) is 1.49. The Bertz CT molecular complexity index is 466. The van der Waals surface area contributed by atoms with Crippen LogP contribution in [0.15, 0.2) is 21.0 Å². The number of benzene rings is 1. The maximum Gasteiger partial charge on any atom is 0.310 e. The van der Waals surface area contributed by atoms with Crippen LogP contribution in [0.2, 0.25) is 0 Å². The molecule has 0 aliphatic rings. The Labute approximate surface area is 89.6 Å². The summed E-state index contributed by atoms with van der Waals surface area (Å²) < 4.78 is 6.42. The number of rotatable bonds is 2. The summed E-state index contributed by atoms with van der Waals surface area (Å²) in [5, 5.41) is 0. The van der Waals surface area contributed by atoms with Crippen molar-refractivity contribution in [1.29, 1.82) is 0 Å². The number of anilines is 1. The monoisotopic (exact) mass is 255 g/mol. The van der Waals surface area contributed by atoms with Crippen LogP contribution in [0.5, 0.6) is 0 Å². The number of nitrogen functional groups attached to an aromatic ring is 1. The van der Waals surface area contributed by atoms with Gasteiger partial charge in [-0.2, -0.15) is 4.98 Å². The summed E-state index contributed by atoms with van der Waals surface area (Å²) in [5.41, 5.74) is 5.11. The fraction of sp³-hybridized carbons (Fsp3) is 0.222. The smallest absolute Gasteiger partial charge is 0.310 e. The second-order valence-corrected chi connectivity index (χ2v) is 3.85. The van der Waals surface area contributed by atoms with Crippen LogP contribution in [-0.4, -0.2) is 4.98 Å². The van der Waals surface area contributed by atoms with E-state index < -0.39 is 0 Å². The number of nitrogens with one attached hydrogen (secondary N) is 1. The van der Waals surface area contributed by atoms with Crippen LogP contribution in [0.4, 0.5) is 6.01 Å². The molecular formula is C9H10BrN3O. The molecule has 14 heavy (non-hydrogen) atoms. The lowest BCUT2D eigenvalue weighted by Crippen LogP contribution is -2.06. The van der Waals surface area contributed by atoms with E-state index in [1.54, 1.807) is 0 Å². The van der Waals surface area contributed by atoms with E-state index in [0.29, 0.717) is 6.01 Å². The Morgan fingerprint density at radius 1 is 1.57 bits per heavy atom. The largest absolute Gasteiger partial charge is 0.422 e. The van der Waals surface area contributed by atoms with E-state index >= 15 is 0 Å². The number of nitrogens with zero attached hydrogens (tertiary/aromatic N) is 1. The molecule has 3 N–H and O–H groups in total. The van der Waals surface area contributed by atoms with Crippen LogP contribution in [0.3, 0.4) is 0 Å². The Hall–Kier alpha value is -1.07. The van der Waals surface area contributed by atoms with Crippen LogP contribution >= 0.6 is 15.9 Å². The lowest BCUT2D eigenvalue weighted by Gasteiger charge is -1.97. The van der Waals surface area contributed by atoms with Crippen LogP contribution in [-0.2, 0) is 6.42 Å². The summed E-state index contributed by atoms with van der Waals surface area (Å²) in [6.45, 7) is 2.07. The Morgan fingerprint density at radius 2 is 2.36 bits per heavy atom. The molecule has 0 spiro atoms. The predicted molar refractivity (Wildman–Crippen MR) is 58.9 cm³/mol. The van der Waals surface area contributed by atoms with Gasteiger partial charge in [0.25, 0.3) is 0 Å². The molecule has 0 saturated heterocycles. The highest BCUT2D eigenvalue weighted by Gasteiger charge is 2.09. The highest BCUT2D eigenvalue weighted by molar-refractivity contribution is 9.10. The molecule has 0 unspecified atom stereocenters. The first-order valence-corrected chi connectivity index (χ1v) is 5.09. The molecule has 2 aromatic rings. The third-order valence-electron chi connectivity index (χ3n) is 2.04. The van der Waals surface area contributed by atoms with Gasteiger partial charge in [0, 0.05) is 4.47 Å². The summed E-state index contributed by atoms with van der Waals surface area (Å²) in [6, 6.07) is 4.26. The Kier molecular flexibility index (Phi) is 2.43. The molecule has 74 valence electrons. The molecule has 0 fully saturated rings. The highest BCUT2D eigenvalue weighted by Crippen LogP contribution is 2.26. The van der Waals surface area contributed by atoms with Crippen molar-refractivity contribution in [2.24, 2.45) is 5.84 Å². The van der Waals surface area contributed by atoms with Crippen molar-refractivity contribution in [2.75, 3.05) is 5.43 Å². The van der Waals surface area contributed by atoms with Gasteiger partial charge in [-0.1, -0.05) is 22.9 Å². The van der Waals surface area contributed by atoms with Gasteiger partial charge < -0.3 is 4.42 Å². The maximum absolute atomic E-state index is 5.43. The molecule has 0 radical (unpaired) electrons. The molecule has 2 rings (SSSR count). The first-order valence-electron chi connectivity index (χ1n) is 4.30. The molecule has 1 aromatic carbocycles. The molecule has 0 bridgehead atoms. The van der Waals surface area contributed by atoms with Crippen molar-refractivity contribution >= 4 is 33.0 Å². The second kappa shape index (κ2) is 3.59. The van der Waals surface area contributed by atoms with Gasteiger partial charge in [-0.3, -0.25) is 5.43 Å². The van der Waals surface area contributed by atoms with Crippen molar-refractivity contribution in [3.8, 4) is 0 Å². The lowest BCUT2D eigenvalue weighted by molar-refractivity contribution is 0.613. The number of hydrogen-bond donors (Lipinski definition) is 2. The van der Waals surface area contributed by atoms with E-state index in [4.69, 9.17) is 10.3 Å². The van der Waals surface area contributed by atoms with Crippen molar-refractivity contribution in [1.82, 2.24) is 4.98 Å². The van der Waals surface area contributed by atoms with Gasteiger partial charge >= 0.3 is 6.01 Å². The van der Waals surface area contributed by atoms with E-state index in [1.807, 2.05) is 12.1 Å². The third-order valence-corrected chi connectivity index (χ3v) is 2.49. The van der Waals surface area contributed by atoms with Crippen LogP contribution < -0.4 is 11.3 Å². The molecule has 5 heteroatoms.